The monoisotopic (exact) mass is 546 g/mol. The second-order valence-corrected chi connectivity index (χ2v) is 11.1. The van der Waals surface area contributed by atoms with Crippen molar-refractivity contribution in [2.24, 2.45) is 5.92 Å². The Bertz CT molecular complexity index is 1370. The van der Waals surface area contributed by atoms with Crippen LogP contribution in [0.4, 0.5) is 5.69 Å². The van der Waals surface area contributed by atoms with Gasteiger partial charge in [0.2, 0.25) is 5.91 Å². The summed E-state index contributed by atoms with van der Waals surface area (Å²) in [6.07, 6.45) is 5.45. The normalized spacial score (nSPS) is 20.0. The molecule has 1 N–H and O–H groups in total. The SMILES string of the molecule is CSc1nc(SC)n2cc(C3=C(C(=O)OCc4ccc([N+](=O)[O-])cc4)N4C(=O)[C@H]([C@@H](C)O)[C@H]4C3)sc12. The van der Waals surface area contributed by atoms with E-state index in [1.165, 1.54) is 52.3 Å². The number of fused-ring (bicyclic) bond motifs is 2. The highest BCUT2D eigenvalue weighted by molar-refractivity contribution is 7.99. The number of thioether (sulfide) groups is 2. The summed E-state index contributed by atoms with van der Waals surface area (Å²) in [5, 5.41) is 22.8. The van der Waals surface area contributed by atoms with Crippen molar-refractivity contribution in [2.45, 2.75) is 42.3 Å². The second kappa shape index (κ2) is 9.54. The second-order valence-electron chi connectivity index (χ2n) is 8.45. The number of aliphatic hydroxyl groups is 1. The first kappa shape index (κ1) is 24.8. The van der Waals surface area contributed by atoms with Gasteiger partial charge in [-0.15, -0.1) is 23.1 Å². The molecule has 1 aromatic carbocycles. The molecule has 188 valence electrons. The highest BCUT2D eigenvalue weighted by Crippen LogP contribution is 2.49. The topological polar surface area (TPSA) is 127 Å². The fourth-order valence-electron chi connectivity index (χ4n) is 4.66. The molecule has 13 heteroatoms. The number of nitro benzene ring substituents is 1. The zero-order chi connectivity index (χ0) is 25.7. The van der Waals surface area contributed by atoms with Crippen molar-refractivity contribution in [1.82, 2.24) is 14.3 Å². The molecule has 0 spiro atoms. The molecule has 1 amide bonds. The Morgan fingerprint density at radius 1 is 1.33 bits per heavy atom. The number of hydrogen-bond donors (Lipinski definition) is 1. The zero-order valence-electron chi connectivity index (χ0n) is 19.5. The van der Waals surface area contributed by atoms with Crippen molar-refractivity contribution >= 4 is 62.8 Å². The Hall–Kier alpha value is -2.87. The van der Waals surface area contributed by atoms with Gasteiger partial charge >= 0.3 is 5.97 Å². The van der Waals surface area contributed by atoms with Crippen molar-refractivity contribution in [3.8, 4) is 0 Å². The van der Waals surface area contributed by atoms with Crippen molar-refractivity contribution in [1.29, 1.82) is 0 Å². The van der Waals surface area contributed by atoms with Gasteiger partial charge in [0.15, 0.2) is 5.16 Å². The number of nitrogens with zero attached hydrogens (tertiary/aromatic N) is 4. The van der Waals surface area contributed by atoms with Crippen LogP contribution >= 0.6 is 34.9 Å². The zero-order valence-corrected chi connectivity index (χ0v) is 22.0. The summed E-state index contributed by atoms with van der Waals surface area (Å²) in [4.78, 5) is 44.5. The molecule has 10 nitrogen and oxygen atoms in total. The molecular weight excluding hydrogens is 524 g/mol. The number of ether oxygens (including phenoxy) is 1. The third-order valence-electron chi connectivity index (χ3n) is 6.37. The van der Waals surface area contributed by atoms with Crippen LogP contribution in [0.25, 0.3) is 10.4 Å². The summed E-state index contributed by atoms with van der Waals surface area (Å²) in [5.74, 6) is -1.52. The van der Waals surface area contributed by atoms with E-state index in [9.17, 15) is 24.8 Å². The Morgan fingerprint density at radius 3 is 2.67 bits per heavy atom. The maximum Gasteiger partial charge on any atom is 0.355 e. The fourth-order valence-corrected chi connectivity index (χ4v) is 7.16. The van der Waals surface area contributed by atoms with Crippen LogP contribution in [0.3, 0.4) is 0 Å². The largest absolute Gasteiger partial charge is 0.456 e. The molecule has 0 radical (unpaired) electrons. The van der Waals surface area contributed by atoms with Crippen molar-refractivity contribution in [3.63, 3.8) is 0 Å². The predicted octanol–water partition coefficient (Wildman–Crippen LogP) is 3.81. The maximum atomic E-state index is 13.3. The van der Waals surface area contributed by atoms with E-state index < -0.39 is 22.9 Å². The van der Waals surface area contributed by atoms with E-state index in [2.05, 4.69) is 4.98 Å². The van der Waals surface area contributed by atoms with Crippen LogP contribution in [-0.4, -0.2) is 60.8 Å². The van der Waals surface area contributed by atoms with Gasteiger partial charge in [-0.3, -0.25) is 19.3 Å². The Morgan fingerprint density at radius 2 is 2.06 bits per heavy atom. The van der Waals surface area contributed by atoms with Gasteiger partial charge in [0.25, 0.3) is 5.69 Å². The predicted molar refractivity (Wildman–Crippen MR) is 137 cm³/mol. The number of hydrogen-bond acceptors (Lipinski definition) is 10. The summed E-state index contributed by atoms with van der Waals surface area (Å²) in [6.45, 7) is 1.49. The van der Waals surface area contributed by atoms with E-state index in [1.807, 2.05) is 23.1 Å². The van der Waals surface area contributed by atoms with Gasteiger partial charge < -0.3 is 14.7 Å². The Labute approximate surface area is 218 Å². The standard InChI is InChI=1S/C23H22N4O6S3/c1-11(28)17-15-8-14(16-9-25-21(36-16)19(34-2)24-23(25)35-3)18(26(15)20(17)29)22(30)33-10-12-4-6-13(7-5-12)27(31)32/h4-7,9,11,15,17,28H,8,10H2,1-3H3/t11-,15-,17-/m1/s1. The van der Waals surface area contributed by atoms with E-state index in [0.29, 0.717) is 17.6 Å². The summed E-state index contributed by atoms with van der Waals surface area (Å²) in [7, 11) is 0. The molecular formula is C23H22N4O6S3. The van der Waals surface area contributed by atoms with Crippen molar-refractivity contribution in [3.05, 3.63) is 56.7 Å². The van der Waals surface area contributed by atoms with E-state index in [-0.39, 0.29) is 29.9 Å². The summed E-state index contributed by atoms with van der Waals surface area (Å²) in [6, 6.07) is 5.44. The van der Waals surface area contributed by atoms with Crippen LogP contribution in [-0.2, 0) is 20.9 Å². The van der Waals surface area contributed by atoms with E-state index >= 15 is 0 Å². The van der Waals surface area contributed by atoms with Crippen LogP contribution in [0.15, 0.2) is 46.3 Å². The number of carbonyl (C=O) groups is 2. The first-order chi connectivity index (χ1) is 17.2. The minimum atomic E-state index is -0.829. The number of carbonyl (C=O) groups excluding carboxylic acids is 2. The number of nitro groups is 1. The van der Waals surface area contributed by atoms with Gasteiger partial charge in [-0.2, -0.15) is 0 Å². The number of non-ortho nitro benzene ring substituents is 1. The number of β-lactam (4-membered cyclic amide) rings is 1. The minimum absolute atomic E-state index is 0.0538. The highest BCUT2D eigenvalue weighted by Gasteiger charge is 2.57. The molecule has 1 saturated heterocycles. The van der Waals surface area contributed by atoms with Gasteiger partial charge in [-0.25, -0.2) is 9.78 Å². The summed E-state index contributed by atoms with van der Waals surface area (Å²) >= 11 is 4.56. The molecule has 3 atom stereocenters. The lowest BCUT2D eigenvalue weighted by atomic mass is 9.83. The molecule has 0 unspecified atom stereocenters. The summed E-state index contributed by atoms with van der Waals surface area (Å²) in [5.41, 5.74) is 1.44. The number of aromatic nitrogens is 2. The molecule has 2 aliphatic heterocycles. The van der Waals surface area contributed by atoms with E-state index in [1.54, 1.807) is 18.7 Å². The van der Waals surface area contributed by atoms with Crippen molar-refractivity contribution < 1.29 is 24.4 Å². The van der Waals surface area contributed by atoms with Gasteiger partial charge in [0.1, 0.15) is 22.2 Å². The fraction of sp³-hybridized carbons (Fsp3) is 0.348. The van der Waals surface area contributed by atoms with Crippen LogP contribution in [0, 0.1) is 16.0 Å². The Kier molecular flexibility index (Phi) is 6.57. The molecule has 5 rings (SSSR count). The number of imidazole rings is 1. The van der Waals surface area contributed by atoms with Crippen LogP contribution in [0.2, 0.25) is 0 Å². The number of rotatable bonds is 8. The lowest BCUT2D eigenvalue weighted by Gasteiger charge is -2.44. The first-order valence-electron chi connectivity index (χ1n) is 11.0. The molecule has 1 fully saturated rings. The first-order valence-corrected chi connectivity index (χ1v) is 14.3. The molecule has 36 heavy (non-hydrogen) atoms. The third-order valence-corrected chi connectivity index (χ3v) is 8.98. The average molecular weight is 547 g/mol. The number of benzene rings is 1. The lowest BCUT2D eigenvalue weighted by molar-refractivity contribution is -0.384. The van der Waals surface area contributed by atoms with Crippen LogP contribution in [0.1, 0.15) is 23.8 Å². The van der Waals surface area contributed by atoms with E-state index in [0.717, 1.165) is 19.9 Å². The molecule has 2 aromatic heterocycles. The molecule has 2 aliphatic rings. The molecule has 4 heterocycles. The van der Waals surface area contributed by atoms with Gasteiger partial charge in [0, 0.05) is 23.9 Å². The molecule has 0 saturated carbocycles. The van der Waals surface area contributed by atoms with Gasteiger partial charge in [0.05, 0.1) is 27.9 Å². The smallest absolute Gasteiger partial charge is 0.355 e. The molecule has 3 aromatic rings. The van der Waals surface area contributed by atoms with Gasteiger partial charge in [-0.05, 0) is 43.6 Å². The lowest BCUT2D eigenvalue weighted by Crippen LogP contribution is -2.61. The highest BCUT2D eigenvalue weighted by atomic mass is 32.2. The number of aliphatic hydroxyl groups excluding tert-OH is 1. The van der Waals surface area contributed by atoms with Gasteiger partial charge in [-0.1, -0.05) is 11.8 Å². The average Bonchev–Trinajstić information content (AvgIpc) is 3.52. The minimum Gasteiger partial charge on any atom is -0.456 e. The molecule has 0 aliphatic carbocycles. The Balaban J connectivity index is 1.49. The number of amides is 1. The van der Waals surface area contributed by atoms with E-state index in [4.69, 9.17) is 4.74 Å². The number of thiazole rings is 1. The maximum absolute atomic E-state index is 13.3. The van der Waals surface area contributed by atoms with Crippen molar-refractivity contribution in [2.75, 3.05) is 12.5 Å². The van der Waals surface area contributed by atoms with Crippen LogP contribution in [0.5, 0.6) is 0 Å². The quantitative estimate of drug-likeness (QED) is 0.147. The van der Waals surface area contributed by atoms with Crippen LogP contribution < -0.4 is 0 Å². The summed E-state index contributed by atoms with van der Waals surface area (Å²) < 4.78 is 7.55. The number of esters is 1. The molecule has 0 bridgehead atoms. The third kappa shape index (κ3) is 3.99.